The van der Waals surface area contributed by atoms with Gasteiger partial charge in [-0.1, -0.05) is 178 Å². The number of hydrogen-bond acceptors (Lipinski definition) is 17. The number of allylic oxidation sites excluding steroid dienone is 7. The van der Waals surface area contributed by atoms with E-state index in [1.807, 2.05) is 18.2 Å². The van der Waals surface area contributed by atoms with Gasteiger partial charge in [-0.25, -0.2) is 9.13 Å². The predicted octanol–water partition coefficient (Wildman–Crippen LogP) is 8.16. The summed E-state index contributed by atoms with van der Waals surface area (Å²) >= 11 is 1.11. The van der Waals surface area contributed by atoms with Crippen molar-refractivity contribution in [2.75, 3.05) is 19.0 Å². The lowest BCUT2D eigenvalue weighted by atomic mass is 9.85. The zero-order valence-electron chi connectivity index (χ0n) is 44.4. The van der Waals surface area contributed by atoms with Crippen molar-refractivity contribution < 1.29 is 91.9 Å². The molecule has 11 N–H and O–H groups in total. The third-order valence-electron chi connectivity index (χ3n) is 12.4. The molecule has 1 aliphatic carbocycles. The van der Waals surface area contributed by atoms with Crippen LogP contribution in [0.4, 0.5) is 0 Å². The Balaban J connectivity index is 2.94. The highest BCUT2D eigenvalue weighted by Crippen LogP contribution is 2.50. The van der Waals surface area contributed by atoms with Crippen molar-refractivity contribution in [1.82, 2.24) is 0 Å². The van der Waals surface area contributed by atoms with Crippen molar-refractivity contribution in [3.63, 3.8) is 0 Å². The van der Waals surface area contributed by atoms with E-state index in [1.54, 1.807) is 18.2 Å². The quantitative estimate of drug-likeness (QED) is 0.00903. The van der Waals surface area contributed by atoms with Crippen LogP contribution in [0.3, 0.4) is 0 Å². The fourth-order valence-corrected chi connectivity index (χ4v) is 10.7. The molecule has 1 fully saturated rings. The fraction of sp³-hybridized carbons (Fsp3) is 0.788. The molecule has 0 aliphatic heterocycles. The molecule has 436 valence electrons. The van der Waals surface area contributed by atoms with E-state index in [-0.39, 0.29) is 31.4 Å². The minimum absolute atomic E-state index is 0.0635. The normalized spacial score (nSPS) is 22.0. The summed E-state index contributed by atoms with van der Waals surface area (Å²) in [5.41, 5.74) is 6.19. The number of phosphoric ester groups is 2. The van der Waals surface area contributed by atoms with Gasteiger partial charge in [0.05, 0.1) is 12.7 Å². The monoisotopic (exact) mass is 1130 g/mol. The zero-order valence-corrected chi connectivity index (χ0v) is 47.0. The van der Waals surface area contributed by atoms with E-state index in [2.05, 4.69) is 30.5 Å². The molecule has 0 spiro atoms. The SMILES string of the molecule is CCCCC/C=C\C\C=C/C=C/C=C/[C@@H](SC[C@H](N)C(=O)OC[C@H](COP(=O)(O)O[C@H]1[C@H](O)[C@@H](O)[C@H](O)[C@@H](O)[C@H]1OP(=O)(O)O)OC(=O)CCCCCCCCCCCCCCCCCCC)[C@@H](O)CCCC(=O)O. The number of ether oxygens (including phenoxy) is 2. The Morgan fingerprint density at radius 3 is 1.69 bits per heavy atom. The molecular formula is C52H93NO19P2S. The second-order valence-corrected chi connectivity index (χ2v) is 23.0. The van der Waals surface area contributed by atoms with Gasteiger partial charge in [0.2, 0.25) is 0 Å². The Labute approximate surface area is 449 Å². The summed E-state index contributed by atoms with van der Waals surface area (Å²) in [6, 6.07) is -1.31. The van der Waals surface area contributed by atoms with Crippen LogP contribution in [0.5, 0.6) is 0 Å². The molecule has 1 rings (SSSR count). The van der Waals surface area contributed by atoms with E-state index in [4.69, 9.17) is 29.4 Å². The second-order valence-electron chi connectivity index (χ2n) is 19.2. The van der Waals surface area contributed by atoms with Crippen molar-refractivity contribution >= 4 is 45.3 Å². The third kappa shape index (κ3) is 35.8. The standard InChI is InChI=1S/C52H93NO19P2S/c1-3-5-7-9-11-13-15-17-18-19-20-21-23-25-27-29-31-36-45(57)70-40(38-69-74(66,67)72-51-49(61)47(59)46(58)48(60)50(51)71-73(63,64)65)37-68-52(62)41(53)39-75-43(42(54)33-32-35-44(55)56)34-30-28-26-24-22-16-14-12-10-8-6-4-2/h12,14,22,24,26,28,30,34,40-43,46-51,54,58-61H,3-11,13,15-21,23,25,27,29,31-33,35-39,53H2,1-2H3,(H,55,56)(H,66,67)(H2,63,64,65)/b14-12-,24-22-,28-26+,34-30+/t40-,41+,42+,43-,46+,47+,48-,49-,50-,51+/m1/s1. The number of hydrogen-bond donors (Lipinski definition) is 10. The van der Waals surface area contributed by atoms with Crippen LogP contribution >= 0.6 is 27.4 Å². The van der Waals surface area contributed by atoms with Gasteiger partial charge in [-0.3, -0.25) is 28.0 Å². The van der Waals surface area contributed by atoms with Crippen LogP contribution in [0.25, 0.3) is 0 Å². The number of rotatable bonds is 46. The van der Waals surface area contributed by atoms with E-state index in [0.717, 1.165) is 63.1 Å². The van der Waals surface area contributed by atoms with Gasteiger partial charge in [0.25, 0.3) is 0 Å². The molecule has 1 unspecified atom stereocenters. The van der Waals surface area contributed by atoms with E-state index in [1.165, 1.54) is 83.5 Å². The van der Waals surface area contributed by atoms with E-state index in [9.17, 15) is 63.7 Å². The minimum atomic E-state index is -5.51. The molecule has 0 saturated heterocycles. The summed E-state index contributed by atoms with van der Waals surface area (Å²) in [5.74, 6) is -2.86. The van der Waals surface area contributed by atoms with Crippen LogP contribution in [0, 0.1) is 0 Å². The van der Waals surface area contributed by atoms with Crippen LogP contribution in [0.15, 0.2) is 48.6 Å². The highest BCUT2D eigenvalue weighted by molar-refractivity contribution is 8.00. The van der Waals surface area contributed by atoms with Crippen molar-refractivity contribution in [2.24, 2.45) is 5.73 Å². The van der Waals surface area contributed by atoms with Gasteiger partial charge >= 0.3 is 33.6 Å². The van der Waals surface area contributed by atoms with Crippen molar-refractivity contribution in [2.45, 2.75) is 241 Å². The summed E-state index contributed by atoms with van der Waals surface area (Å²) < 4.78 is 50.0. The van der Waals surface area contributed by atoms with Crippen LogP contribution in [0.1, 0.15) is 181 Å². The van der Waals surface area contributed by atoms with Gasteiger partial charge in [-0.05, 0) is 38.5 Å². The summed E-state index contributed by atoms with van der Waals surface area (Å²) in [7, 11) is -11.0. The van der Waals surface area contributed by atoms with Gasteiger partial charge < -0.3 is 60.5 Å². The van der Waals surface area contributed by atoms with Gasteiger partial charge in [-0.2, -0.15) is 0 Å². The maximum atomic E-state index is 13.2. The topological polar surface area (TPSA) is 340 Å². The Bertz CT molecular complexity index is 1750. The molecule has 1 aliphatic rings. The highest BCUT2D eigenvalue weighted by Gasteiger charge is 2.54. The first-order valence-corrected chi connectivity index (χ1v) is 31.2. The van der Waals surface area contributed by atoms with Crippen molar-refractivity contribution in [3.05, 3.63) is 48.6 Å². The zero-order chi connectivity index (χ0) is 55.9. The fourth-order valence-electron chi connectivity index (χ4n) is 8.05. The molecule has 75 heavy (non-hydrogen) atoms. The van der Waals surface area contributed by atoms with Gasteiger partial charge in [0.1, 0.15) is 49.3 Å². The van der Waals surface area contributed by atoms with Crippen LogP contribution in [-0.2, 0) is 46.6 Å². The van der Waals surface area contributed by atoms with Crippen LogP contribution in [-0.4, -0.2) is 142 Å². The van der Waals surface area contributed by atoms with Crippen molar-refractivity contribution in [3.8, 4) is 0 Å². The molecule has 0 bridgehead atoms. The molecule has 0 aromatic rings. The Hall–Kier alpha value is -2.30. The maximum Gasteiger partial charge on any atom is 0.472 e. The number of aliphatic hydroxyl groups excluding tert-OH is 5. The molecule has 0 heterocycles. The smallest absolute Gasteiger partial charge is 0.472 e. The number of aliphatic hydroxyl groups is 5. The number of unbranched alkanes of at least 4 members (excludes halogenated alkanes) is 19. The Kier molecular flexibility index (Phi) is 40.2. The predicted molar refractivity (Wildman–Crippen MR) is 288 cm³/mol. The number of carbonyl (C=O) groups excluding carboxylic acids is 2. The average Bonchev–Trinajstić information content (AvgIpc) is 3.35. The number of phosphoric acid groups is 2. The highest BCUT2D eigenvalue weighted by atomic mass is 32.2. The van der Waals surface area contributed by atoms with Gasteiger partial charge in [0, 0.05) is 23.8 Å². The second kappa shape index (κ2) is 42.6. The first kappa shape index (κ1) is 70.7. The lowest BCUT2D eigenvalue weighted by Gasteiger charge is -2.43. The average molecular weight is 1130 g/mol. The molecule has 23 heteroatoms. The molecule has 20 nitrogen and oxygen atoms in total. The van der Waals surface area contributed by atoms with Crippen LogP contribution < -0.4 is 5.73 Å². The van der Waals surface area contributed by atoms with E-state index >= 15 is 0 Å². The molecule has 0 amide bonds. The Morgan fingerprint density at radius 2 is 1.15 bits per heavy atom. The van der Waals surface area contributed by atoms with Gasteiger partial charge in [0.15, 0.2) is 6.10 Å². The number of carboxylic acid groups (broad SMARTS) is 1. The third-order valence-corrected chi connectivity index (χ3v) is 15.3. The lowest BCUT2D eigenvalue weighted by Crippen LogP contribution is -2.64. The van der Waals surface area contributed by atoms with E-state index < -0.39 is 107 Å². The number of aliphatic carboxylic acids is 1. The molecule has 11 atom stereocenters. The minimum Gasteiger partial charge on any atom is -0.481 e. The first-order chi connectivity index (χ1) is 35.7. The summed E-state index contributed by atoms with van der Waals surface area (Å²) in [5, 5.41) is 60.6. The summed E-state index contributed by atoms with van der Waals surface area (Å²) in [6.07, 6.45) is 23.6. The Morgan fingerprint density at radius 1 is 0.627 bits per heavy atom. The number of carboxylic acids is 1. The summed E-state index contributed by atoms with van der Waals surface area (Å²) in [4.78, 5) is 66.8. The first-order valence-electron chi connectivity index (χ1n) is 27.1. The van der Waals surface area contributed by atoms with Crippen molar-refractivity contribution in [1.29, 1.82) is 0 Å². The molecular weight excluding hydrogens is 1040 g/mol. The number of carbonyl (C=O) groups is 3. The molecule has 0 aromatic heterocycles. The number of nitrogens with two attached hydrogens (primary N) is 1. The van der Waals surface area contributed by atoms with E-state index in [0.29, 0.717) is 6.42 Å². The maximum absolute atomic E-state index is 13.2. The number of thioether (sulfide) groups is 1. The molecule has 0 aromatic carbocycles. The van der Waals surface area contributed by atoms with Crippen LogP contribution in [0.2, 0.25) is 0 Å². The summed E-state index contributed by atoms with van der Waals surface area (Å²) in [6.45, 7) is 2.63. The lowest BCUT2D eigenvalue weighted by molar-refractivity contribution is -0.216. The largest absolute Gasteiger partial charge is 0.481 e. The van der Waals surface area contributed by atoms with Gasteiger partial charge in [-0.15, -0.1) is 11.8 Å². The molecule has 1 saturated carbocycles. The number of esters is 2. The molecule has 0 radical (unpaired) electrons.